The molecule has 0 fully saturated rings. The Morgan fingerprint density at radius 1 is 1.20 bits per heavy atom. The van der Waals surface area contributed by atoms with E-state index in [4.69, 9.17) is 11.6 Å². The molecule has 0 aromatic carbocycles. The maximum Gasteiger partial charge on any atom is 0.158 e. The van der Waals surface area contributed by atoms with Crippen LogP contribution in [-0.2, 0) is 0 Å². The van der Waals surface area contributed by atoms with Gasteiger partial charge in [0.15, 0.2) is 5.17 Å². The predicted octanol–water partition coefficient (Wildman–Crippen LogP) is 3.02. The molecule has 0 atom stereocenters. The number of rotatable bonds is 5. The highest BCUT2D eigenvalue weighted by molar-refractivity contribution is 6.71. The van der Waals surface area contributed by atoms with Crippen molar-refractivity contribution < 1.29 is 0 Å². The van der Waals surface area contributed by atoms with Crippen LogP contribution in [0, 0.1) is 0 Å². The smallest absolute Gasteiger partial charge is 0.158 e. The van der Waals surface area contributed by atoms with Crippen LogP contribution in [0.3, 0.4) is 0 Å². The summed E-state index contributed by atoms with van der Waals surface area (Å²) in [4.78, 5) is 10.8. The average Bonchev–Trinajstić information content (AvgIpc) is 2.56. The van der Waals surface area contributed by atoms with Crippen LogP contribution in [0.5, 0.6) is 0 Å². The van der Waals surface area contributed by atoms with E-state index in [2.05, 4.69) is 35.7 Å². The molecule has 0 amide bonds. The van der Waals surface area contributed by atoms with Crippen molar-refractivity contribution in [3.05, 3.63) is 11.9 Å². The second kappa shape index (κ2) is 5.91. The summed E-state index contributed by atoms with van der Waals surface area (Å²) in [5.41, 5.74) is 0.795. The molecule has 1 aliphatic rings. The summed E-state index contributed by atoms with van der Waals surface area (Å²) in [5, 5.41) is 0.519. The Kier molecular flexibility index (Phi) is 4.82. The van der Waals surface area contributed by atoms with E-state index in [9.17, 15) is 0 Å². The van der Waals surface area contributed by atoms with Crippen molar-refractivity contribution in [2.24, 2.45) is 9.98 Å². The Morgan fingerprint density at radius 2 is 1.87 bits per heavy atom. The van der Waals surface area contributed by atoms with Crippen LogP contribution < -0.4 is 0 Å². The normalized spacial score (nSPS) is 18.0. The molecule has 0 aromatic heterocycles. The first kappa shape index (κ1) is 12.2. The minimum absolute atomic E-state index is 0.519. The quantitative estimate of drug-likeness (QED) is 0.710. The maximum atomic E-state index is 6.01. The molecule has 84 valence electrons. The number of hydrogen-bond donors (Lipinski definition) is 0. The van der Waals surface area contributed by atoms with E-state index >= 15 is 0 Å². The molecule has 3 nitrogen and oxygen atoms in total. The summed E-state index contributed by atoms with van der Waals surface area (Å²) in [6.45, 7) is 8.25. The molecule has 0 aromatic rings. The fraction of sp³-hybridized carbons (Fsp3) is 0.636. The van der Waals surface area contributed by atoms with Crippen LogP contribution in [0.4, 0.5) is 0 Å². The van der Waals surface area contributed by atoms with Crippen LogP contribution in [0.2, 0.25) is 0 Å². The van der Waals surface area contributed by atoms with Gasteiger partial charge in [-0.2, -0.15) is 0 Å². The van der Waals surface area contributed by atoms with Gasteiger partial charge in [0.2, 0.25) is 0 Å². The summed E-state index contributed by atoms with van der Waals surface area (Å²) in [6, 6.07) is 0. The second-order valence-corrected chi connectivity index (χ2v) is 3.77. The van der Waals surface area contributed by atoms with Crippen molar-refractivity contribution in [1.29, 1.82) is 0 Å². The summed E-state index contributed by atoms with van der Waals surface area (Å²) in [6.07, 6.45) is 3.92. The molecule has 1 aliphatic heterocycles. The van der Waals surface area contributed by atoms with Gasteiger partial charge in [-0.1, -0.05) is 18.5 Å². The van der Waals surface area contributed by atoms with Crippen LogP contribution >= 0.6 is 11.6 Å². The van der Waals surface area contributed by atoms with Crippen LogP contribution in [-0.4, -0.2) is 29.0 Å². The number of amidine groups is 1. The average molecular weight is 228 g/mol. The van der Waals surface area contributed by atoms with E-state index in [1.165, 1.54) is 0 Å². The van der Waals surface area contributed by atoms with Crippen LogP contribution in [0.25, 0.3) is 0 Å². The van der Waals surface area contributed by atoms with E-state index < -0.39 is 0 Å². The molecule has 0 aliphatic carbocycles. The highest BCUT2D eigenvalue weighted by Gasteiger charge is 2.14. The molecule has 0 N–H and O–H groups in total. The Bertz CT molecular complexity index is 301. The molecule has 0 unspecified atom stereocenters. The molecular weight excluding hydrogens is 210 g/mol. The van der Waals surface area contributed by atoms with Crippen molar-refractivity contribution in [3.8, 4) is 0 Å². The number of nitrogens with zero attached hydrogens (tertiary/aromatic N) is 3. The molecule has 15 heavy (non-hydrogen) atoms. The summed E-state index contributed by atoms with van der Waals surface area (Å²) in [5.74, 6) is 0.848. The first-order valence-electron chi connectivity index (χ1n) is 5.49. The molecule has 0 saturated carbocycles. The number of halogens is 1. The summed E-state index contributed by atoms with van der Waals surface area (Å²) >= 11 is 6.01. The third-order valence-electron chi connectivity index (χ3n) is 2.28. The van der Waals surface area contributed by atoms with E-state index in [0.29, 0.717) is 5.17 Å². The topological polar surface area (TPSA) is 28.0 Å². The van der Waals surface area contributed by atoms with Gasteiger partial charge in [-0.05, 0) is 20.3 Å². The molecule has 0 saturated heterocycles. The van der Waals surface area contributed by atoms with Crippen molar-refractivity contribution in [2.75, 3.05) is 13.1 Å². The first-order valence-corrected chi connectivity index (χ1v) is 5.87. The van der Waals surface area contributed by atoms with Crippen molar-refractivity contribution >= 4 is 22.6 Å². The fourth-order valence-corrected chi connectivity index (χ4v) is 1.57. The minimum Gasteiger partial charge on any atom is -0.376 e. The van der Waals surface area contributed by atoms with Crippen molar-refractivity contribution in [1.82, 2.24) is 4.90 Å². The summed E-state index contributed by atoms with van der Waals surface area (Å²) < 4.78 is 0. The molecule has 0 spiro atoms. The number of hydrogen-bond acceptors (Lipinski definition) is 3. The minimum atomic E-state index is 0.519. The second-order valence-electron chi connectivity index (χ2n) is 3.42. The maximum absolute atomic E-state index is 6.01. The van der Waals surface area contributed by atoms with Gasteiger partial charge in [0.25, 0.3) is 0 Å². The van der Waals surface area contributed by atoms with Gasteiger partial charge in [-0.15, -0.1) is 0 Å². The largest absolute Gasteiger partial charge is 0.376 e. The first-order chi connectivity index (χ1) is 7.21. The van der Waals surface area contributed by atoms with E-state index in [1.54, 1.807) is 0 Å². The Labute approximate surface area is 96.5 Å². The highest BCUT2D eigenvalue weighted by Crippen LogP contribution is 2.16. The standard InChI is InChI=1S/C11H18ClN3/c1-4-7-10-13-9(11(12)14-10)8-15(5-2)6-3/h8H,4-7H2,1-3H3. The lowest BCUT2D eigenvalue weighted by atomic mass is 10.3. The lowest BCUT2D eigenvalue weighted by molar-refractivity contribution is 0.417. The molecule has 1 rings (SSSR count). The highest BCUT2D eigenvalue weighted by atomic mass is 35.5. The van der Waals surface area contributed by atoms with Crippen molar-refractivity contribution in [2.45, 2.75) is 33.6 Å². The zero-order valence-corrected chi connectivity index (χ0v) is 10.4. The molecule has 4 heteroatoms. The number of aliphatic imine (C=N–C) groups is 2. The Morgan fingerprint density at radius 3 is 2.40 bits per heavy atom. The Balaban J connectivity index is 2.76. The third kappa shape index (κ3) is 3.34. The van der Waals surface area contributed by atoms with E-state index in [-0.39, 0.29) is 0 Å². The van der Waals surface area contributed by atoms with E-state index in [0.717, 1.165) is 37.5 Å². The van der Waals surface area contributed by atoms with Gasteiger partial charge >= 0.3 is 0 Å². The SMILES string of the molecule is CCCC1=NC(=CN(CC)CC)C(Cl)=N1. The zero-order valence-electron chi connectivity index (χ0n) is 9.63. The lowest BCUT2D eigenvalue weighted by Gasteiger charge is -2.15. The van der Waals surface area contributed by atoms with Gasteiger partial charge in [-0.25, -0.2) is 9.98 Å². The monoisotopic (exact) mass is 227 g/mol. The van der Waals surface area contributed by atoms with Crippen LogP contribution in [0.1, 0.15) is 33.6 Å². The molecular formula is C11H18ClN3. The number of allylic oxidation sites excluding steroid dienone is 1. The van der Waals surface area contributed by atoms with Gasteiger partial charge in [0, 0.05) is 25.7 Å². The zero-order chi connectivity index (χ0) is 11.3. The Hall–Kier alpha value is -0.830. The molecule has 0 radical (unpaired) electrons. The third-order valence-corrected chi connectivity index (χ3v) is 2.56. The van der Waals surface area contributed by atoms with Gasteiger partial charge < -0.3 is 4.90 Å². The van der Waals surface area contributed by atoms with E-state index in [1.807, 2.05) is 6.20 Å². The van der Waals surface area contributed by atoms with Gasteiger partial charge in [0.05, 0.1) is 0 Å². The lowest BCUT2D eigenvalue weighted by Crippen LogP contribution is -2.16. The van der Waals surface area contributed by atoms with Crippen molar-refractivity contribution in [3.63, 3.8) is 0 Å². The van der Waals surface area contributed by atoms with Gasteiger partial charge in [-0.3, -0.25) is 0 Å². The molecule has 0 bridgehead atoms. The van der Waals surface area contributed by atoms with Crippen LogP contribution in [0.15, 0.2) is 21.9 Å². The predicted molar refractivity (Wildman–Crippen MR) is 66.6 cm³/mol. The molecule has 1 heterocycles. The van der Waals surface area contributed by atoms with Gasteiger partial charge in [0.1, 0.15) is 11.5 Å². The summed E-state index contributed by atoms with van der Waals surface area (Å²) in [7, 11) is 0. The fourth-order valence-electron chi connectivity index (χ4n) is 1.38.